The molecule has 3 unspecified atom stereocenters. The molecule has 0 aliphatic carbocycles. The molecule has 3 atom stereocenters. The van der Waals surface area contributed by atoms with Gasteiger partial charge in [0.2, 0.25) is 5.91 Å². The molecule has 9 heteroatoms. The lowest BCUT2D eigenvalue weighted by Gasteiger charge is -2.29. The number of nitrogens with one attached hydrogen (secondary N) is 1. The third-order valence-corrected chi connectivity index (χ3v) is 9.34. The van der Waals surface area contributed by atoms with Crippen molar-refractivity contribution in [2.24, 2.45) is 0 Å². The topological polar surface area (TPSA) is 108 Å². The Labute approximate surface area is 296 Å². The van der Waals surface area contributed by atoms with E-state index < -0.39 is 20.0 Å². The number of rotatable bonds is 34. The highest BCUT2D eigenvalue weighted by Gasteiger charge is 2.23. The first-order valence-corrected chi connectivity index (χ1v) is 20.8. The average molecular weight is 699 g/mol. The largest absolute Gasteiger partial charge is 0.756 e. The summed E-state index contributed by atoms with van der Waals surface area (Å²) in [7, 11) is 1.25. The van der Waals surface area contributed by atoms with Crippen LogP contribution in [0.25, 0.3) is 0 Å². The van der Waals surface area contributed by atoms with Gasteiger partial charge in [0.05, 0.1) is 39.9 Å². The van der Waals surface area contributed by atoms with Crippen molar-refractivity contribution in [3.8, 4) is 0 Å². The van der Waals surface area contributed by atoms with Crippen molar-refractivity contribution >= 4 is 13.7 Å². The normalized spacial score (nSPS) is 15.1. The van der Waals surface area contributed by atoms with E-state index in [1.54, 1.807) is 6.08 Å². The van der Waals surface area contributed by atoms with E-state index >= 15 is 0 Å². The highest BCUT2D eigenvalue weighted by Crippen LogP contribution is 2.38. The van der Waals surface area contributed by atoms with Crippen molar-refractivity contribution in [2.75, 3.05) is 40.9 Å². The summed E-state index contributed by atoms with van der Waals surface area (Å²) in [6.45, 7) is 4.56. The van der Waals surface area contributed by atoms with E-state index in [0.717, 1.165) is 57.8 Å². The van der Waals surface area contributed by atoms with Gasteiger partial charge in [0.1, 0.15) is 13.2 Å². The molecule has 0 saturated carbocycles. The zero-order chi connectivity index (χ0) is 35.8. The van der Waals surface area contributed by atoms with Gasteiger partial charge in [0.15, 0.2) is 0 Å². The van der Waals surface area contributed by atoms with E-state index in [4.69, 9.17) is 9.05 Å². The summed E-state index contributed by atoms with van der Waals surface area (Å²) >= 11 is 0. The molecular weight excluding hydrogens is 623 g/mol. The molecule has 0 spiro atoms. The third kappa shape index (κ3) is 33.2. The Morgan fingerprint density at radius 2 is 1.19 bits per heavy atom. The maximum absolute atomic E-state index is 12.8. The highest BCUT2D eigenvalue weighted by atomic mass is 31.2. The highest BCUT2D eigenvalue weighted by molar-refractivity contribution is 7.45. The molecule has 0 bridgehead atoms. The van der Waals surface area contributed by atoms with Gasteiger partial charge in [-0.25, -0.2) is 0 Å². The number of carbonyl (C=O) groups excluding carboxylic acids is 1. The first kappa shape index (κ1) is 46.7. The van der Waals surface area contributed by atoms with E-state index in [1.165, 1.54) is 77.0 Å². The van der Waals surface area contributed by atoms with Gasteiger partial charge < -0.3 is 28.8 Å². The molecular formula is C39H75N2O6P. The van der Waals surface area contributed by atoms with Crippen LogP contribution in [0.3, 0.4) is 0 Å². The SMILES string of the molecule is CCCCC/C=C\C=C/CCCCCCCCC(=O)NC(COP(=O)([O-])OCC[N+](C)(C)C)C(O)/C=C/CCCCCCCCCCC. The Kier molecular flexibility index (Phi) is 30.8. The quantitative estimate of drug-likeness (QED) is 0.0228. The number of phosphoric acid groups is 1. The number of aliphatic hydroxyl groups excluding tert-OH is 1. The van der Waals surface area contributed by atoms with Gasteiger partial charge in [-0.15, -0.1) is 0 Å². The maximum Gasteiger partial charge on any atom is 0.268 e. The van der Waals surface area contributed by atoms with Gasteiger partial charge in [0, 0.05) is 6.42 Å². The van der Waals surface area contributed by atoms with Gasteiger partial charge in [-0.2, -0.15) is 0 Å². The van der Waals surface area contributed by atoms with Crippen molar-refractivity contribution in [2.45, 2.75) is 167 Å². The zero-order valence-electron chi connectivity index (χ0n) is 31.7. The summed E-state index contributed by atoms with van der Waals surface area (Å²) in [6, 6.07) is -0.889. The van der Waals surface area contributed by atoms with Gasteiger partial charge in [-0.05, 0) is 44.9 Å². The second-order valence-electron chi connectivity index (χ2n) is 14.3. The monoisotopic (exact) mass is 699 g/mol. The molecule has 1 amide bonds. The number of carbonyl (C=O) groups is 1. The lowest BCUT2D eigenvalue weighted by molar-refractivity contribution is -0.870. The minimum Gasteiger partial charge on any atom is -0.756 e. The van der Waals surface area contributed by atoms with Crippen LogP contribution in [0.5, 0.6) is 0 Å². The van der Waals surface area contributed by atoms with Crippen molar-refractivity contribution in [3.05, 3.63) is 36.5 Å². The average Bonchev–Trinajstić information content (AvgIpc) is 3.02. The Bertz CT molecular complexity index is 886. The minimum atomic E-state index is -4.58. The van der Waals surface area contributed by atoms with Gasteiger partial charge >= 0.3 is 0 Å². The first-order chi connectivity index (χ1) is 23.0. The van der Waals surface area contributed by atoms with Crippen molar-refractivity contribution in [1.29, 1.82) is 0 Å². The van der Waals surface area contributed by atoms with Crippen molar-refractivity contribution < 1.29 is 32.9 Å². The number of likely N-dealkylation sites (N-methyl/N-ethyl adjacent to an activating group) is 1. The number of unbranched alkanes of at least 4 members (excludes halogenated alkanes) is 18. The fourth-order valence-electron chi connectivity index (χ4n) is 5.20. The molecule has 0 aromatic carbocycles. The van der Waals surface area contributed by atoms with Gasteiger partial charge in [-0.3, -0.25) is 9.36 Å². The molecule has 48 heavy (non-hydrogen) atoms. The zero-order valence-corrected chi connectivity index (χ0v) is 32.6. The predicted molar refractivity (Wildman–Crippen MR) is 201 cm³/mol. The summed E-state index contributed by atoms with van der Waals surface area (Å²) in [4.78, 5) is 25.1. The van der Waals surface area contributed by atoms with Crippen LogP contribution in [0, 0.1) is 0 Å². The molecule has 282 valence electrons. The standard InChI is InChI=1S/C39H75N2O6P/c1-6-8-10-12-14-16-18-19-20-21-23-25-27-29-31-33-39(43)40-37(36-47-48(44,45)46-35-34-41(3,4)5)38(42)32-30-28-26-24-22-17-15-13-11-9-7-2/h14,16,18-19,30,32,37-38,42H,6-13,15,17,20-29,31,33-36H2,1-5H3,(H-,40,43,44,45)/b16-14-,19-18-,32-30+. The van der Waals surface area contributed by atoms with E-state index in [-0.39, 0.29) is 19.1 Å². The number of amides is 1. The van der Waals surface area contributed by atoms with Crippen molar-refractivity contribution in [1.82, 2.24) is 5.32 Å². The van der Waals surface area contributed by atoms with Crippen LogP contribution in [-0.2, 0) is 18.4 Å². The van der Waals surface area contributed by atoms with E-state index in [9.17, 15) is 19.4 Å². The fraction of sp³-hybridized carbons (Fsp3) is 0.821. The molecule has 0 heterocycles. The summed E-state index contributed by atoms with van der Waals surface area (Å²) in [6.07, 6.45) is 36.1. The maximum atomic E-state index is 12.8. The Hall–Kier alpha value is -1.28. The molecule has 0 aliphatic heterocycles. The van der Waals surface area contributed by atoms with Crippen LogP contribution in [0.4, 0.5) is 0 Å². The minimum absolute atomic E-state index is 0.00423. The lowest BCUT2D eigenvalue weighted by Crippen LogP contribution is -2.45. The number of nitrogens with zero attached hydrogens (tertiary/aromatic N) is 1. The third-order valence-electron chi connectivity index (χ3n) is 8.37. The first-order valence-electron chi connectivity index (χ1n) is 19.4. The number of quaternary nitrogens is 1. The molecule has 0 aromatic rings. The molecule has 0 fully saturated rings. The molecule has 0 aliphatic rings. The summed E-state index contributed by atoms with van der Waals surface area (Å²) in [5.74, 6) is -0.213. The molecule has 0 saturated heterocycles. The molecule has 0 radical (unpaired) electrons. The van der Waals surface area contributed by atoms with E-state index in [0.29, 0.717) is 17.4 Å². The Morgan fingerprint density at radius 1 is 0.729 bits per heavy atom. The number of aliphatic hydroxyl groups is 1. The lowest BCUT2D eigenvalue weighted by atomic mass is 10.1. The summed E-state index contributed by atoms with van der Waals surface area (Å²) in [5.41, 5.74) is 0. The Morgan fingerprint density at radius 3 is 1.73 bits per heavy atom. The van der Waals surface area contributed by atoms with Crippen LogP contribution in [0.15, 0.2) is 36.5 Å². The van der Waals surface area contributed by atoms with Crippen LogP contribution < -0.4 is 10.2 Å². The molecule has 0 rings (SSSR count). The van der Waals surface area contributed by atoms with E-state index in [2.05, 4.69) is 43.5 Å². The fourth-order valence-corrected chi connectivity index (χ4v) is 5.92. The van der Waals surface area contributed by atoms with Crippen LogP contribution in [-0.4, -0.2) is 68.5 Å². The number of hydrogen-bond acceptors (Lipinski definition) is 6. The number of allylic oxidation sites excluding steroid dienone is 5. The second-order valence-corrected chi connectivity index (χ2v) is 15.7. The van der Waals surface area contributed by atoms with Crippen molar-refractivity contribution in [3.63, 3.8) is 0 Å². The molecule has 2 N–H and O–H groups in total. The van der Waals surface area contributed by atoms with Gasteiger partial charge in [0.25, 0.3) is 7.82 Å². The number of hydrogen-bond donors (Lipinski definition) is 2. The molecule has 8 nitrogen and oxygen atoms in total. The van der Waals surface area contributed by atoms with E-state index in [1.807, 2.05) is 27.2 Å². The van der Waals surface area contributed by atoms with Crippen LogP contribution in [0.2, 0.25) is 0 Å². The smallest absolute Gasteiger partial charge is 0.268 e. The predicted octanol–water partition coefficient (Wildman–Crippen LogP) is 9.33. The summed E-state index contributed by atoms with van der Waals surface area (Å²) in [5, 5.41) is 13.7. The molecule has 0 aromatic heterocycles. The second kappa shape index (κ2) is 31.7. The Balaban J connectivity index is 4.54. The van der Waals surface area contributed by atoms with Crippen LogP contribution in [0.1, 0.15) is 155 Å². The summed E-state index contributed by atoms with van der Waals surface area (Å²) < 4.78 is 23.1. The van der Waals surface area contributed by atoms with Crippen LogP contribution >= 0.6 is 7.82 Å². The number of phosphoric ester groups is 1. The van der Waals surface area contributed by atoms with Gasteiger partial charge in [-0.1, -0.05) is 140 Å².